The molecular weight excluding hydrogens is 468 g/mol. The van der Waals surface area contributed by atoms with Crippen LogP contribution in [0.1, 0.15) is 11.1 Å². The van der Waals surface area contributed by atoms with Gasteiger partial charge in [0.15, 0.2) is 6.61 Å². The van der Waals surface area contributed by atoms with Gasteiger partial charge in [0.05, 0.1) is 5.39 Å². The number of carbonyl (C=O) groups is 1. The number of ether oxygens (including phenoxy) is 3. The maximum atomic E-state index is 13.0. The number of hydrogen-bond acceptors (Lipinski definition) is 6. The minimum atomic E-state index is -0.571. The van der Waals surface area contributed by atoms with Crippen LogP contribution in [0.3, 0.4) is 0 Å². The van der Waals surface area contributed by atoms with Crippen molar-refractivity contribution in [1.29, 1.82) is 0 Å². The average Bonchev–Trinajstić information content (AvgIpc) is 2.92. The first-order valence-electron chi connectivity index (χ1n) is 11.8. The molecule has 5 rings (SSSR count). The summed E-state index contributed by atoms with van der Waals surface area (Å²) >= 11 is 0. The van der Waals surface area contributed by atoms with E-state index in [1.807, 2.05) is 68.4 Å². The van der Waals surface area contributed by atoms with Gasteiger partial charge < -0.3 is 18.6 Å². The molecule has 0 bridgehead atoms. The molecule has 0 aliphatic carbocycles. The Morgan fingerprint density at radius 1 is 0.757 bits per heavy atom. The molecule has 0 spiro atoms. The zero-order valence-electron chi connectivity index (χ0n) is 20.4. The summed E-state index contributed by atoms with van der Waals surface area (Å²) < 4.78 is 22.3. The minimum absolute atomic E-state index is 0.0616. The van der Waals surface area contributed by atoms with Gasteiger partial charge >= 0.3 is 5.97 Å². The molecule has 1 aromatic heterocycles. The normalized spacial score (nSPS) is 10.8. The molecule has 0 amide bonds. The molecule has 1 heterocycles. The third-order valence-corrected chi connectivity index (χ3v) is 5.97. The molecule has 0 fully saturated rings. The van der Waals surface area contributed by atoms with Crippen LogP contribution in [0.4, 0.5) is 0 Å². The Hall–Kier alpha value is -4.84. The highest BCUT2D eigenvalue weighted by atomic mass is 16.6. The second-order valence-corrected chi connectivity index (χ2v) is 8.59. The van der Waals surface area contributed by atoms with E-state index in [0.29, 0.717) is 16.9 Å². The first kappa shape index (κ1) is 23.9. The van der Waals surface area contributed by atoms with Crippen LogP contribution in [0.25, 0.3) is 22.1 Å². The van der Waals surface area contributed by atoms with Gasteiger partial charge in [-0.2, -0.15) is 0 Å². The molecule has 0 atom stereocenters. The maximum Gasteiger partial charge on any atom is 0.349 e. The molecule has 6 nitrogen and oxygen atoms in total. The lowest BCUT2D eigenvalue weighted by Crippen LogP contribution is -2.17. The lowest BCUT2D eigenvalue weighted by molar-refractivity contribution is -0.136. The minimum Gasteiger partial charge on any atom is -0.482 e. The van der Waals surface area contributed by atoms with Crippen LogP contribution in [0, 0.1) is 13.8 Å². The van der Waals surface area contributed by atoms with Crippen molar-refractivity contribution in [2.45, 2.75) is 13.8 Å². The fourth-order valence-corrected chi connectivity index (χ4v) is 3.80. The van der Waals surface area contributed by atoms with Crippen LogP contribution in [0.5, 0.6) is 23.0 Å². The number of carbonyl (C=O) groups excluding carboxylic acids is 1. The van der Waals surface area contributed by atoms with E-state index in [-0.39, 0.29) is 29.1 Å². The van der Waals surface area contributed by atoms with Gasteiger partial charge in [-0.3, -0.25) is 4.79 Å². The highest BCUT2D eigenvalue weighted by Gasteiger charge is 2.13. The Labute approximate surface area is 213 Å². The van der Waals surface area contributed by atoms with Crippen molar-refractivity contribution in [2.24, 2.45) is 0 Å². The molecule has 0 radical (unpaired) electrons. The molecule has 0 saturated heterocycles. The summed E-state index contributed by atoms with van der Waals surface area (Å²) in [6.07, 6.45) is 1.25. The fraction of sp³-hybridized carbons (Fsp3) is 0.0968. The largest absolute Gasteiger partial charge is 0.482 e. The van der Waals surface area contributed by atoms with E-state index in [1.165, 1.54) is 18.4 Å². The number of esters is 1. The van der Waals surface area contributed by atoms with Crippen LogP contribution in [0.2, 0.25) is 0 Å². The number of hydrogen-bond donors (Lipinski definition) is 0. The van der Waals surface area contributed by atoms with Crippen LogP contribution in [-0.4, -0.2) is 12.6 Å². The molecule has 0 N–H and O–H groups in total. The molecule has 4 aromatic carbocycles. The van der Waals surface area contributed by atoms with Crippen molar-refractivity contribution in [2.75, 3.05) is 6.61 Å². The highest BCUT2D eigenvalue weighted by Crippen LogP contribution is 2.27. The molecule has 184 valence electrons. The number of fused-ring (bicyclic) bond motifs is 1. The van der Waals surface area contributed by atoms with Gasteiger partial charge in [-0.15, -0.1) is 0 Å². The molecule has 37 heavy (non-hydrogen) atoms. The Bertz CT molecular complexity index is 1620. The summed E-state index contributed by atoms with van der Waals surface area (Å²) in [7, 11) is 0. The van der Waals surface area contributed by atoms with Crippen molar-refractivity contribution in [3.8, 4) is 34.1 Å². The number of benzene rings is 4. The van der Waals surface area contributed by atoms with E-state index in [4.69, 9.17) is 18.6 Å². The second kappa shape index (κ2) is 10.4. The van der Waals surface area contributed by atoms with Gasteiger partial charge in [-0.25, -0.2) is 4.79 Å². The molecule has 0 saturated carbocycles. The Morgan fingerprint density at radius 3 is 2.22 bits per heavy atom. The van der Waals surface area contributed by atoms with E-state index in [9.17, 15) is 9.59 Å². The standard InChI is InChI=1S/C31H24O6/c1-20-8-11-25(16-21(20)2)34-19-30(32)37-26-14-15-27-28(17-26)35-18-29(31(27)33)36-24-12-9-23(10-13-24)22-6-4-3-5-7-22/h3-18H,19H2,1-2H3. The van der Waals surface area contributed by atoms with Crippen molar-refractivity contribution in [3.63, 3.8) is 0 Å². The number of rotatable bonds is 7. The Morgan fingerprint density at radius 2 is 1.46 bits per heavy atom. The van der Waals surface area contributed by atoms with Crippen LogP contribution in [0.15, 0.2) is 106 Å². The van der Waals surface area contributed by atoms with Gasteiger partial charge in [0.25, 0.3) is 0 Å². The lowest BCUT2D eigenvalue weighted by atomic mass is 10.1. The third kappa shape index (κ3) is 5.54. The van der Waals surface area contributed by atoms with Gasteiger partial charge in [0, 0.05) is 6.07 Å². The van der Waals surface area contributed by atoms with Gasteiger partial charge in [0.2, 0.25) is 11.2 Å². The maximum absolute atomic E-state index is 13.0. The lowest BCUT2D eigenvalue weighted by Gasteiger charge is -2.09. The van der Waals surface area contributed by atoms with E-state index in [1.54, 1.807) is 24.3 Å². The zero-order chi connectivity index (χ0) is 25.8. The summed E-state index contributed by atoms with van der Waals surface area (Å²) in [4.78, 5) is 25.2. The summed E-state index contributed by atoms with van der Waals surface area (Å²) in [6.45, 7) is 3.73. The predicted molar refractivity (Wildman–Crippen MR) is 141 cm³/mol. The fourth-order valence-electron chi connectivity index (χ4n) is 3.80. The molecule has 0 unspecified atom stereocenters. The quantitative estimate of drug-likeness (QED) is 0.183. The predicted octanol–water partition coefficient (Wildman–Crippen LogP) is 6.85. The van der Waals surface area contributed by atoms with E-state index in [2.05, 4.69) is 0 Å². The van der Waals surface area contributed by atoms with Crippen molar-refractivity contribution < 1.29 is 23.4 Å². The molecule has 0 aliphatic heterocycles. The summed E-state index contributed by atoms with van der Waals surface area (Å²) in [6, 6.07) is 27.6. The van der Waals surface area contributed by atoms with Crippen molar-refractivity contribution in [3.05, 3.63) is 119 Å². The van der Waals surface area contributed by atoms with Gasteiger partial charge in [-0.05, 0) is 72.5 Å². The molecule has 5 aromatic rings. The Kier molecular flexibility index (Phi) is 6.72. The monoisotopic (exact) mass is 492 g/mol. The molecular formula is C31H24O6. The SMILES string of the molecule is Cc1ccc(OCC(=O)Oc2ccc3c(=O)c(Oc4ccc(-c5ccccc5)cc4)coc3c2)cc1C. The zero-order valence-corrected chi connectivity index (χ0v) is 20.4. The van der Waals surface area contributed by atoms with Crippen LogP contribution < -0.4 is 19.6 Å². The first-order valence-corrected chi connectivity index (χ1v) is 11.8. The first-order chi connectivity index (χ1) is 18.0. The third-order valence-electron chi connectivity index (χ3n) is 5.97. The van der Waals surface area contributed by atoms with Crippen molar-refractivity contribution >= 4 is 16.9 Å². The van der Waals surface area contributed by atoms with Gasteiger partial charge in [-0.1, -0.05) is 48.5 Å². The number of aryl methyl sites for hydroxylation is 2. The van der Waals surface area contributed by atoms with Crippen LogP contribution in [-0.2, 0) is 4.79 Å². The van der Waals surface area contributed by atoms with Crippen LogP contribution >= 0.6 is 0 Å². The summed E-state index contributed by atoms with van der Waals surface area (Å²) in [5.74, 6) is 0.840. The molecule has 0 aliphatic rings. The van der Waals surface area contributed by atoms with E-state index in [0.717, 1.165) is 22.3 Å². The van der Waals surface area contributed by atoms with E-state index >= 15 is 0 Å². The Balaban J connectivity index is 1.25. The summed E-state index contributed by atoms with van der Waals surface area (Å²) in [5.41, 5.74) is 4.29. The summed E-state index contributed by atoms with van der Waals surface area (Å²) in [5, 5.41) is 0.310. The molecule has 6 heteroatoms. The highest BCUT2D eigenvalue weighted by molar-refractivity contribution is 5.81. The van der Waals surface area contributed by atoms with E-state index < -0.39 is 5.97 Å². The topological polar surface area (TPSA) is 75.0 Å². The second-order valence-electron chi connectivity index (χ2n) is 8.59. The average molecular weight is 493 g/mol. The smallest absolute Gasteiger partial charge is 0.349 e. The van der Waals surface area contributed by atoms with Crippen molar-refractivity contribution in [1.82, 2.24) is 0 Å². The van der Waals surface area contributed by atoms with Gasteiger partial charge in [0.1, 0.15) is 29.1 Å².